The third-order valence-electron chi connectivity index (χ3n) is 2.70. The zero-order valence-electron chi connectivity index (χ0n) is 11.0. The van der Waals surface area contributed by atoms with Gasteiger partial charge in [-0.15, -0.1) is 0 Å². The molecule has 1 aromatic rings. The molecule has 3 N–H and O–H groups in total. The molecular formula is C13H19N3O3. The molecule has 0 bridgehead atoms. The summed E-state index contributed by atoms with van der Waals surface area (Å²) in [6.07, 6.45) is 3.45. The second-order valence-corrected chi connectivity index (χ2v) is 4.33. The number of nitrogens with two attached hydrogens (primary N) is 1. The van der Waals surface area contributed by atoms with Crippen molar-refractivity contribution in [2.75, 3.05) is 13.1 Å². The molecule has 0 spiro atoms. The Morgan fingerprint density at radius 2 is 2.21 bits per heavy atom. The van der Waals surface area contributed by atoms with Crippen LogP contribution in [-0.4, -0.2) is 40.0 Å². The lowest BCUT2D eigenvalue weighted by Gasteiger charge is -2.20. The molecule has 6 heteroatoms. The number of hydrogen-bond acceptors (Lipinski definition) is 4. The maximum Gasteiger partial charge on any atom is 0.337 e. The van der Waals surface area contributed by atoms with Crippen LogP contribution in [0.5, 0.6) is 0 Å². The molecular weight excluding hydrogens is 246 g/mol. The number of unbranched alkanes of at least 4 members (excludes halogenated alkanes) is 1. The minimum atomic E-state index is -1.02. The third kappa shape index (κ3) is 5.05. The van der Waals surface area contributed by atoms with Crippen molar-refractivity contribution < 1.29 is 14.7 Å². The van der Waals surface area contributed by atoms with Gasteiger partial charge in [0.25, 0.3) is 0 Å². The Labute approximate surface area is 112 Å². The molecule has 104 valence electrons. The van der Waals surface area contributed by atoms with Gasteiger partial charge in [0, 0.05) is 12.7 Å². The van der Waals surface area contributed by atoms with E-state index in [1.807, 2.05) is 11.8 Å². The summed E-state index contributed by atoms with van der Waals surface area (Å²) >= 11 is 0. The lowest BCUT2D eigenvalue weighted by atomic mass is 10.2. The Bertz CT molecular complexity index is 449. The van der Waals surface area contributed by atoms with Crippen molar-refractivity contribution in [2.24, 2.45) is 5.73 Å². The van der Waals surface area contributed by atoms with Gasteiger partial charge in [0.15, 0.2) is 0 Å². The van der Waals surface area contributed by atoms with Gasteiger partial charge in [0.2, 0.25) is 5.91 Å². The number of nitrogens with zero attached hydrogens (tertiary/aromatic N) is 2. The van der Waals surface area contributed by atoms with Gasteiger partial charge >= 0.3 is 5.97 Å². The average Bonchev–Trinajstić information content (AvgIpc) is 2.35. The maximum atomic E-state index is 11.1. The van der Waals surface area contributed by atoms with Crippen LogP contribution in [0.1, 0.15) is 35.8 Å². The number of carboxylic acids is 1. The van der Waals surface area contributed by atoms with Crippen LogP contribution < -0.4 is 5.73 Å². The van der Waals surface area contributed by atoms with Crippen LogP contribution in [0.3, 0.4) is 0 Å². The van der Waals surface area contributed by atoms with Crippen LogP contribution in [-0.2, 0) is 11.3 Å². The van der Waals surface area contributed by atoms with Crippen molar-refractivity contribution >= 4 is 11.9 Å². The quantitative estimate of drug-likeness (QED) is 0.727. The molecule has 0 saturated carbocycles. The number of hydrogen-bond donors (Lipinski definition) is 2. The van der Waals surface area contributed by atoms with Gasteiger partial charge in [-0.2, -0.15) is 0 Å². The number of rotatable bonds is 8. The predicted octanol–water partition coefficient (Wildman–Crippen LogP) is 0.867. The number of primary amides is 1. The third-order valence-corrected chi connectivity index (χ3v) is 2.70. The van der Waals surface area contributed by atoms with E-state index in [4.69, 9.17) is 10.8 Å². The van der Waals surface area contributed by atoms with Crippen molar-refractivity contribution in [1.82, 2.24) is 9.88 Å². The van der Waals surface area contributed by atoms with Gasteiger partial charge in [-0.05, 0) is 25.1 Å². The van der Waals surface area contributed by atoms with Crippen LogP contribution in [0, 0.1) is 0 Å². The highest BCUT2D eigenvalue weighted by molar-refractivity contribution is 5.88. The topological polar surface area (TPSA) is 96.5 Å². The molecule has 1 amide bonds. The fourth-order valence-electron chi connectivity index (χ4n) is 1.79. The van der Waals surface area contributed by atoms with Gasteiger partial charge < -0.3 is 10.8 Å². The maximum absolute atomic E-state index is 11.1. The van der Waals surface area contributed by atoms with E-state index < -0.39 is 11.9 Å². The number of carbonyl (C=O) groups excluding carboxylic acids is 1. The first-order chi connectivity index (χ1) is 9.04. The number of carbonyl (C=O) groups is 2. The first-order valence-electron chi connectivity index (χ1n) is 6.22. The fourth-order valence-corrected chi connectivity index (χ4v) is 1.79. The van der Waals surface area contributed by atoms with E-state index in [0.29, 0.717) is 18.8 Å². The van der Waals surface area contributed by atoms with Crippen molar-refractivity contribution in [2.45, 2.75) is 26.3 Å². The molecule has 1 aromatic heterocycles. The molecule has 6 nitrogen and oxygen atoms in total. The molecule has 0 atom stereocenters. The molecule has 0 aliphatic rings. The number of aromatic carboxylic acids is 1. The largest absolute Gasteiger partial charge is 0.478 e. The van der Waals surface area contributed by atoms with Gasteiger partial charge in [0.05, 0.1) is 17.8 Å². The molecule has 0 fully saturated rings. The molecule has 1 rings (SSSR count). The standard InChI is InChI=1S/C13H19N3O3/c1-2-3-7-16(9-12(14)17)8-11-10(13(18)19)5-4-6-15-11/h4-6H,2-3,7-9H2,1H3,(H2,14,17)(H,18,19). The Morgan fingerprint density at radius 3 is 2.79 bits per heavy atom. The molecule has 0 aliphatic carbocycles. The first-order valence-corrected chi connectivity index (χ1v) is 6.22. The van der Waals surface area contributed by atoms with Gasteiger partial charge in [-0.25, -0.2) is 4.79 Å². The SMILES string of the molecule is CCCCN(CC(N)=O)Cc1ncccc1C(=O)O. The molecule has 0 radical (unpaired) electrons. The van der Waals surface area contributed by atoms with E-state index in [-0.39, 0.29) is 12.1 Å². The van der Waals surface area contributed by atoms with Crippen molar-refractivity contribution in [1.29, 1.82) is 0 Å². The van der Waals surface area contributed by atoms with Crippen LogP contribution >= 0.6 is 0 Å². The predicted molar refractivity (Wildman–Crippen MR) is 70.6 cm³/mol. The number of aromatic nitrogens is 1. The van der Waals surface area contributed by atoms with Crippen LogP contribution in [0.4, 0.5) is 0 Å². The van der Waals surface area contributed by atoms with Gasteiger partial charge in [-0.1, -0.05) is 13.3 Å². The first kappa shape index (κ1) is 15.1. The normalized spacial score (nSPS) is 10.6. The van der Waals surface area contributed by atoms with E-state index in [0.717, 1.165) is 12.8 Å². The Kier molecular flexibility index (Phi) is 5.95. The minimum absolute atomic E-state index is 0.107. The lowest BCUT2D eigenvalue weighted by Crippen LogP contribution is -2.34. The molecule has 0 aliphatic heterocycles. The van der Waals surface area contributed by atoms with E-state index in [9.17, 15) is 9.59 Å². The zero-order chi connectivity index (χ0) is 14.3. The highest BCUT2D eigenvalue weighted by Crippen LogP contribution is 2.09. The van der Waals surface area contributed by atoms with Crippen LogP contribution in [0.2, 0.25) is 0 Å². The van der Waals surface area contributed by atoms with Gasteiger partial charge in [-0.3, -0.25) is 14.7 Å². The summed E-state index contributed by atoms with van der Waals surface area (Å²) in [7, 11) is 0. The highest BCUT2D eigenvalue weighted by Gasteiger charge is 2.15. The van der Waals surface area contributed by atoms with Crippen molar-refractivity contribution in [3.8, 4) is 0 Å². The van der Waals surface area contributed by atoms with E-state index in [2.05, 4.69) is 4.98 Å². The van der Waals surface area contributed by atoms with Crippen molar-refractivity contribution in [3.05, 3.63) is 29.6 Å². The second-order valence-electron chi connectivity index (χ2n) is 4.33. The average molecular weight is 265 g/mol. The summed E-state index contributed by atoms with van der Waals surface area (Å²) in [4.78, 5) is 28.0. The zero-order valence-corrected chi connectivity index (χ0v) is 11.0. The minimum Gasteiger partial charge on any atom is -0.478 e. The fraction of sp³-hybridized carbons (Fsp3) is 0.462. The Morgan fingerprint density at radius 1 is 1.47 bits per heavy atom. The summed E-state index contributed by atoms with van der Waals surface area (Å²) in [5, 5.41) is 9.09. The highest BCUT2D eigenvalue weighted by atomic mass is 16.4. The number of carboxylic acid groups (broad SMARTS) is 1. The lowest BCUT2D eigenvalue weighted by molar-refractivity contribution is -0.119. The molecule has 0 saturated heterocycles. The van der Waals surface area contributed by atoms with E-state index >= 15 is 0 Å². The molecule has 1 heterocycles. The molecule has 19 heavy (non-hydrogen) atoms. The van der Waals surface area contributed by atoms with Crippen molar-refractivity contribution in [3.63, 3.8) is 0 Å². The number of pyridine rings is 1. The smallest absolute Gasteiger partial charge is 0.337 e. The number of amides is 1. The Hall–Kier alpha value is -1.95. The summed E-state index contributed by atoms with van der Waals surface area (Å²) in [6.45, 7) is 3.15. The monoisotopic (exact) mass is 265 g/mol. The molecule has 0 aromatic carbocycles. The van der Waals surface area contributed by atoms with E-state index in [1.165, 1.54) is 6.07 Å². The second kappa shape index (κ2) is 7.48. The van der Waals surface area contributed by atoms with Crippen LogP contribution in [0.25, 0.3) is 0 Å². The van der Waals surface area contributed by atoms with Gasteiger partial charge in [0.1, 0.15) is 0 Å². The summed E-state index contributed by atoms with van der Waals surface area (Å²) in [6, 6.07) is 3.09. The molecule has 0 unspecified atom stereocenters. The summed E-state index contributed by atoms with van der Waals surface area (Å²) in [5.41, 5.74) is 5.81. The summed E-state index contributed by atoms with van der Waals surface area (Å²) in [5.74, 6) is -1.44. The summed E-state index contributed by atoms with van der Waals surface area (Å²) < 4.78 is 0. The van der Waals surface area contributed by atoms with E-state index in [1.54, 1.807) is 12.3 Å². The van der Waals surface area contributed by atoms with Crippen LogP contribution in [0.15, 0.2) is 18.3 Å². The Balaban J connectivity index is 2.82.